The van der Waals surface area contributed by atoms with Crippen LogP contribution >= 0.6 is 0 Å². The van der Waals surface area contributed by atoms with Gasteiger partial charge in [-0.2, -0.15) is 0 Å². The van der Waals surface area contributed by atoms with Crippen LogP contribution in [-0.4, -0.2) is 26.1 Å². The molecule has 1 aliphatic rings. The molecular weight excluding hydrogens is 276 g/mol. The third-order valence-corrected chi connectivity index (χ3v) is 4.64. The van der Waals surface area contributed by atoms with E-state index in [1.54, 1.807) is 7.11 Å². The van der Waals surface area contributed by atoms with Crippen LogP contribution in [0.3, 0.4) is 0 Å². The van der Waals surface area contributed by atoms with Crippen LogP contribution in [-0.2, 0) is 9.53 Å². The molecule has 1 heterocycles. The number of benzene rings is 1. The molecule has 1 aromatic rings. The minimum absolute atomic E-state index is 0.0316. The predicted molar refractivity (Wildman–Crippen MR) is 89.9 cm³/mol. The summed E-state index contributed by atoms with van der Waals surface area (Å²) in [5.74, 6) is 1.12. The van der Waals surface area contributed by atoms with Gasteiger partial charge in [0.15, 0.2) is 0 Å². The zero-order valence-electron chi connectivity index (χ0n) is 13.9. The van der Waals surface area contributed by atoms with E-state index in [2.05, 4.69) is 17.6 Å². The summed E-state index contributed by atoms with van der Waals surface area (Å²) in [6, 6.07) is 7.88. The normalized spacial score (nSPS) is 21.1. The van der Waals surface area contributed by atoms with Gasteiger partial charge in [0, 0.05) is 19.2 Å². The lowest BCUT2D eigenvalue weighted by atomic mass is 9.85. The fourth-order valence-electron chi connectivity index (χ4n) is 3.04. The Hall–Kier alpha value is -1.39. The van der Waals surface area contributed by atoms with Crippen molar-refractivity contribution in [2.75, 3.05) is 25.5 Å². The van der Waals surface area contributed by atoms with E-state index in [-0.39, 0.29) is 12.0 Å². The van der Waals surface area contributed by atoms with Gasteiger partial charge in [0.2, 0.25) is 5.91 Å². The van der Waals surface area contributed by atoms with E-state index in [4.69, 9.17) is 4.74 Å². The van der Waals surface area contributed by atoms with Crippen molar-refractivity contribution >= 4 is 11.6 Å². The lowest BCUT2D eigenvalue weighted by Crippen LogP contribution is -2.34. The maximum atomic E-state index is 12.3. The fourth-order valence-corrected chi connectivity index (χ4v) is 3.04. The van der Waals surface area contributed by atoms with E-state index in [0.29, 0.717) is 18.3 Å². The molecular formula is C18H28N2O2. The summed E-state index contributed by atoms with van der Waals surface area (Å²) in [6.07, 6.45) is 3.05. The number of piperidine rings is 1. The van der Waals surface area contributed by atoms with Crippen molar-refractivity contribution in [1.29, 1.82) is 0 Å². The highest BCUT2D eigenvalue weighted by atomic mass is 16.5. The molecule has 1 saturated heterocycles. The van der Waals surface area contributed by atoms with Crippen LogP contribution in [0.5, 0.6) is 0 Å². The first-order chi connectivity index (χ1) is 10.6. The molecule has 3 unspecified atom stereocenters. The number of hydrogen-bond acceptors (Lipinski definition) is 3. The van der Waals surface area contributed by atoms with Crippen LogP contribution in [0.25, 0.3) is 0 Å². The molecule has 4 nitrogen and oxygen atoms in total. The Labute approximate surface area is 133 Å². The Bertz CT molecular complexity index is 484. The molecule has 1 amide bonds. The highest BCUT2D eigenvalue weighted by Gasteiger charge is 2.22. The van der Waals surface area contributed by atoms with E-state index in [1.807, 2.05) is 31.2 Å². The molecule has 1 fully saturated rings. The van der Waals surface area contributed by atoms with E-state index < -0.39 is 0 Å². The second kappa shape index (κ2) is 8.30. The predicted octanol–water partition coefficient (Wildman–Crippen LogP) is 3.36. The molecule has 0 aliphatic carbocycles. The first-order valence-corrected chi connectivity index (χ1v) is 8.23. The van der Waals surface area contributed by atoms with E-state index >= 15 is 0 Å². The molecule has 122 valence electrons. The number of anilines is 1. The molecule has 1 aromatic carbocycles. The van der Waals surface area contributed by atoms with Gasteiger partial charge in [0.1, 0.15) is 0 Å². The summed E-state index contributed by atoms with van der Waals surface area (Å²) in [7, 11) is 1.69. The van der Waals surface area contributed by atoms with Crippen molar-refractivity contribution in [1.82, 2.24) is 5.32 Å². The van der Waals surface area contributed by atoms with Crippen molar-refractivity contribution in [2.24, 2.45) is 11.8 Å². The third kappa shape index (κ3) is 4.82. The summed E-state index contributed by atoms with van der Waals surface area (Å²) in [5, 5.41) is 6.44. The molecule has 22 heavy (non-hydrogen) atoms. The first kappa shape index (κ1) is 17.0. The SMILES string of the molecule is COC(C)c1cccc(NC(=O)CC(C)C2CCCNC2)c1. The Morgan fingerprint density at radius 1 is 1.45 bits per heavy atom. The van der Waals surface area contributed by atoms with Crippen molar-refractivity contribution < 1.29 is 9.53 Å². The van der Waals surface area contributed by atoms with Gasteiger partial charge in [-0.1, -0.05) is 19.1 Å². The number of rotatable bonds is 6. The first-order valence-electron chi connectivity index (χ1n) is 8.23. The molecule has 1 aliphatic heterocycles. The lowest BCUT2D eigenvalue weighted by Gasteiger charge is -2.28. The molecule has 3 atom stereocenters. The van der Waals surface area contributed by atoms with Crippen molar-refractivity contribution in [2.45, 2.75) is 39.2 Å². The number of methoxy groups -OCH3 is 1. The van der Waals surface area contributed by atoms with Gasteiger partial charge in [0.05, 0.1) is 6.10 Å². The quantitative estimate of drug-likeness (QED) is 0.847. The topological polar surface area (TPSA) is 50.4 Å². The molecule has 0 saturated carbocycles. The van der Waals surface area contributed by atoms with Gasteiger partial charge >= 0.3 is 0 Å². The van der Waals surface area contributed by atoms with Gasteiger partial charge < -0.3 is 15.4 Å². The number of hydrogen-bond donors (Lipinski definition) is 2. The van der Waals surface area contributed by atoms with Crippen LogP contribution in [0.2, 0.25) is 0 Å². The summed E-state index contributed by atoms with van der Waals surface area (Å²) in [6.45, 7) is 6.33. The fraction of sp³-hybridized carbons (Fsp3) is 0.611. The van der Waals surface area contributed by atoms with Crippen molar-refractivity contribution in [3.8, 4) is 0 Å². The Morgan fingerprint density at radius 2 is 2.27 bits per heavy atom. The summed E-state index contributed by atoms with van der Waals surface area (Å²) in [5.41, 5.74) is 1.92. The maximum Gasteiger partial charge on any atom is 0.224 e. The zero-order valence-corrected chi connectivity index (χ0v) is 13.9. The second-order valence-electron chi connectivity index (χ2n) is 6.34. The summed E-state index contributed by atoms with van der Waals surface area (Å²) < 4.78 is 5.32. The minimum atomic E-state index is 0.0316. The standard InChI is InChI=1S/C18H28N2O2/c1-13(16-7-5-9-19-12-16)10-18(21)20-17-8-4-6-15(11-17)14(2)22-3/h4,6,8,11,13-14,16,19H,5,7,9-10,12H2,1-3H3,(H,20,21). The Balaban J connectivity index is 1.88. The molecule has 0 aromatic heterocycles. The highest BCUT2D eigenvalue weighted by molar-refractivity contribution is 5.90. The average molecular weight is 304 g/mol. The van der Waals surface area contributed by atoms with Gasteiger partial charge in [0.25, 0.3) is 0 Å². The summed E-state index contributed by atoms with van der Waals surface area (Å²) >= 11 is 0. The number of amides is 1. The lowest BCUT2D eigenvalue weighted by molar-refractivity contribution is -0.117. The van der Waals surface area contributed by atoms with Crippen LogP contribution < -0.4 is 10.6 Å². The molecule has 2 N–H and O–H groups in total. The van der Waals surface area contributed by atoms with Crippen molar-refractivity contribution in [3.63, 3.8) is 0 Å². The van der Waals surface area contributed by atoms with Gasteiger partial charge in [-0.25, -0.2) is 0 Å². The second-order valence-corrected chi connectivity index (χ2v) is 6.34. The van der Waals surface area contributed by atoms with Crippen LogP contribution in [0, 0.1) is 11.8 Å². The van der Waals surface area contributed by atoms with Gasteiger partial charge in [-0.05, 0) is 62.4 Å². The largest absolute Gasteiger partial charge is 0.377 e. The van der Waals surface area contributed by atoms with Crippen LogP contribution in [0.1, 0.15) is 44.8 Å². The average Bonchev–Trinajstić information content (AvgIpc) is 2.55. The molecule has 0 bridgehead atoms. The van der Waals surface area contributed by atoms with Crippen LogP contribution in [0.15, 0.2) is 24.3 Å². The van der Waals surface area contributed by atoms with Crippen LogP contribution in [0.4, 0.5) is 5.69 Å². The molecule has 0 radical (unpaired) electrons. The molecule has 0 spiro atoms. The minimum Gasteiger partial charge on any atom is -0.377 e. The molecule has 4 heteroatoms. The van der Waals surface area contributed by atoms with E-state index in [1.165, 1.54) is 12.8 Å². The summed E-state index contributed by atoms with van der Waals surface area (Å²) in [4.78, 5) is 12.3. The maximum absolute atomic E-state index is 12.3. The number of ether oxygens (including phenoxy) is 1. The third-order valence-electron chi connectivity index (χ3n) is 4.64. The Morgan fingerprint density at radius 3 is 2.95 bits per heavy atom. The zero-order chi connectivity index (χ0) is 15.9. The smallest absolute Gasteiger partial charge is 0.224 e. The number of carbonyl (C=O) groups excluding carboxylic acids is 1. The molecule has 2 rings (SSSR count). The van der Waals surface area contributed by atoms with E-state index in [9.17, 15) is 4.79 Å². The number of nitrogens with one attached hydrogen (secondary N) is 2. The highest BCUT2D eigenvalue weighted by Crippen LogP contribution is 2.24. The monoisotopic (exact) mass is 304 g/mol. The van der Waals surface area contributed by atoms with Crippen molar-refractivity contribution in [3.05, 3.63) is 29.8 Å². The Kier molecular flexibility index (Phi) is 6.40. The van der Waals surface area contributed by atoms with Gasteiger partial charge in [-0.15, -0.1) is 0 Å². The van der Waals surface area contributed by atoms with Gasteiger partial charge in [-0.3, -0.25) is 4.79 Å². The van der Waals surface area contributed by atoms with E-state index in [0.717, 1.165) is 24.3 Å². The number of carbonyl (C=O) groups is 1.